The third-order valence-corrected chi connectivity index (χ3v) is 3.56. The molecule has 0 bridgehead atoms. The van der Waals surface area contributed by atoms with Gasteiger partial charge in [0.25, 0.3) is 11.8 Å². The van der Waals surface area contributed by atoms with Gasteiger partial charge in [0.05, 0.1) is 17.4 Å². The van der Waals surface area contributed by atoms with Crippen LogP contribution in [-0.2, 0) is 0 Å². The number of hydrogen-bond donors (Lipinski definition) is 2. The van der Waals surface area contributed by atoms with Crippen molar-refractivity contribution in [2.24, 2.45) is 0 Å². The SMILES string of the molecule is Cc1nc(C)n(-c2ccc(C(=O)NNC(=O)c3ccncc3F)cc2)n1. The number of amides is 2. The predicted octanol–water partition coefficient (Wildman–Crippen LogP) is 1.49. The minimum atomic E-state index is -0.776. The van der Waals surface area contributed by atoms with Gasteiger partial charge in [0.15, 0.2) is 5.82 Å². The lowest BCUT2D eigenvalue weighted by atomic mass is 10.2. The van der Waals surface area contributed by atoms with Crippen LogP contribution in [-0.4, -0.2) is 31.6 Å². The highest BCUT2D eigenvalue weighted by Gasteiger charge is 2.13. The van der Waals surface area contributed by atoms with E-state index in [1.165, 1.54) is 12.3 Å². The molecule has 1 aromatic carbocycles. The highest BCUT2D eigenvalue weighted by Crippen LogP contribution is 2.11. The molecule has 8 nitrogen and oxygen atoms in total. The average Bonchev–Trinajstić information content (AvgIpc) is 2.98. The molecule has 0 radical (unpaired) electrons. The summed E-state index contributed by atoms with van der Waals surface area (Å²) in [5, 5.41) is 4.26. The second-order valence-corrected chi connectivity index (χ2v) is 5.43. The highest BCUT2D eigenvalue weighted by molar-refractivity contribution is 5.99. The van der Waals surface area contributed by atoms with Gasteiger partial charge in [-0.25, -0.2) is 14.1 Å². The van der Waals surface area contributed by atoms with Crippen LogP contribution in [0.2, 0.25) is 0 Å². The second kappa shape index (κ2) is 7.09. The molecule has 0 saturated carbocycles. The zero-order valence-electron chi connectivity index (χ0n) is 14.0. The number of carbonyl (C=O) groups excluding carboxylic acids is 2. The fourth-order valence-corrected chi connectivity index (χ4v) is 2.33. The molecule has 2 heterocycles. The van der Waals surface area contributed by atoms with Gasteiger partial charge in [-0.05, 0) is 44.2 Å². The Kier molecular flexibility index (Phi) is 4.70. The lowest BCUT2D eigenvalue weighted by Crippen LogP contribution is -2.41. The zero-order valence-corrected chi connectivity index (χ0v) is 14.0. The van der Waals surface area contributed by atoms with Crippen molar-refractivity contribution in [3.05, 3.63) is 71.3 Å². The third kappa shape index (κ3) is 3.56. The molecule has 0 fully saturated rings. The van der Waals surface area contributed by atoms with Gasteiger partial charge in [-0.3, -0.25) is 25.4 Å². The molecule has 0 aliphatic heterocycles. The highest BCUT2D eigenvalue weighted by atomic mass is 19.1. The molecule has 3 aromatic rings. The minimum Gasteiger partial charge on any atom is -0.267 e. The Hall–Kier alpha value is -3.62. The van der Waals surface area contributed by atoms with Gasteiger partial charge in [0.1, 0.15) is 11.6 Å². The first kappa shape index (κ1) is 17.2. The van der Waals surface area contributed by atoms with E-state index in [0.717, 1.165) is 17.7 Å². The largest absolute Gasteiger partial charge is 0.272 e. The molecule has 0 aliphatic rings. The number of nitrogens with one attached hydrogen (secondary N) is 2. The van der Waals surface area contributed by atoms with E-state index in [0.29, 0.717) is 11.4 Å². The molecular formula is C17H15FN6O2. The lowest BCUT2D eigenvalue weighted by Gasteiger charge is -2.08. The third-order valence-electron chi connectivity index (χ3n) is 3.56. The summed E-state index contributed by atoms with van der Waals surface area (Å²) in [5.74, 6) is -0.710. The molecule has 9 heteroatoms. The molecule has 2 aromatic heterocycles. The quantitative estimate of drug-likeness (QED) is 0.694. The topological polar surface area (TPSA) is 102 Å². The Morgan fingerprint density at radius 1 is 1.04 bits per heavy atom. The Bertz CT molecular complexity index is 968. The first-order valence-corrected chi connectivity index (χ1v) is 7.66. The van der Waals surface area contributed by atoms with Gasteiger partial charge in [-0.2, -0.15) is 5.10 Å². The maximum Gasteiger partial charge on any atom is 0.272 e. The van der Waals surface area contributed by atoms with Gasteiger partial charge >= 0.3 is 0 Å². The average molecular weight is 354 g/mol. The summed E-state index contributed by atoms with van der Waals surface area (Å²) in [6.07, 6.45) is 2.20. The summed E-state index contributed by atoms with van der Waals surface area (Å²) in [6, 6.07) is 7.80. The molecule has 0 aliphatic carbocycles. The number of pyridine rings is 1. The number of aromatic nitrogens is 4. The standard InChI is InChI=1S/C17H15FN6O2/c1-10-20-11(2)24(23-10)13-5-3-12(4-6-13)16(25)21-22-17(26)14-7-8-19-9-15(14)18/h3-9H,1-2H3,(H,21,25)(H,22,26). The van der Waals surface area contributed by atoms with Gasteiger partial charge < -0.3 is 0 Å². The van der Waals surface area contributed by atoms with Crippen LogP contribution < -0.4 is 10.9 Å². The summed E-state index contributed by atoms with van der Waals surface area (Å²) < 4.78 is 15.1. The van der Waals surface area contributed by atoms with Crippen molar-refractivity contribution in [3.63, 3.8) is 0 Å². The van der Waals surface area contributed by atoms with Crippen LogP contribution in [0, 0.1) is 19.7 Å². The Morgan fingerprint density at radius 2 is 1.73 bits per heavy atom. The maximum absolute atomic E-state index is 13.5. The van der Waals surface area contributed by atoms with Crippen LogP contribution in [0.1, 0.15) is 32.4 Å². The normalized spacial score (nSPS) is 10.4. The van der Waals surface area contributed by atoms with E-state index in [1.807, 2.05) is 6.92 Å². The molecule has 0 atom stereocenters. The number of carbonyl (C=O) groups is 2. The zero-order chi connectivity index (χ0) is 18.7. The summed E-state index contributed by atoms with van der Waals surface area (Å²) >= 11 is 0. The summed E-state index contributed by atoms with van der Waals surface area (Å²) in [4.78, 5) is 31.8. The van der Waals surface area contributed by atoms with Crippen molar-refractivity contribution in [2.45, 2.75) is 13.8 Å². The second-order valence-electron chi connectivity index (χ2n) is 5.43. The molecule has 3 rings (SSSR count). The van der Waals surface area contributed by atoms with Crippen molar-refractivity contribution in [2.75, 3.05) is 0 Å². The van der Waals surface area contributed by atoms with E-state index in [1.54, 1.807) is 35.9 Å². The summed E-state index contributed by atoms with van der Waals surface area (Å²) in [5.41, 5.74) is 5.26. The van der Waals surface area contributed by atoms with Gasteiger partial charge in [-0.15, -0.1) is 0 Å². The van der Waals surface area contributed by atoms with Crippen LogP contribution in [0.25, 0.3) is 5.69 Å². The van der Waals surface area contributed by atoms with Crippen molar-refractivity contribution in [1.29, 1.82) is 0 Å². The van der Waals surface area contributed by atoms with E-state index in [9.17, 15) is 14.0 Å². The fraction of sp³-hybridized carbons (Fsp3) is 0.118. The minimum absolute atomic E-state index is 0.215. The predicted molar refractivity (Wildman–Crippen MR) is 90.0 cm³/mol. The van der Waals surface area contributed by atoms with Crippen LogP contribution in [0.4, 0.5) is 4.39 Å². The Morgan fingerprint density at radius 3 is 2.35 bits per heavy atom. The van der Waals surface area contributed by atoms with Crippen molar-refractivity contribution in [3.8, 4) is 5.69 Å². The summed E-state index contributed by atoms with van der Waals surface area (Å²) in [6.45, 7) is 3.62. The number of halogens is 1. The maximum atomic E-state index is 13.5. The molecule has 26 heavy (non-hydrogen) atoms. The van der Waals surface area contributed by atoms with E-state index >= 15 is 0 Å². The Balaban J connectivity index is 1.66. The number of nitrogens with zero attached hydrogens (tertiary/aromatic N) is 4. The molecule has 0 spiro atoms. The van der Waals surface area contributed by atoms with Crippen molar-refractivity contribution < 1.29 is 14.0 Å². The number of benzene rings is 1. The van der Waals surface area contributed by atoms with Crippen molar-refractivity contribution >= 4 is 11.8 Å². The number of hydrazine groups is 1. The smallest absolute Gasteiger partial charge is 0.267 e. The van der Waals surface area contributed by atoms with Crippen molar-refractivity contribution in [1.82, 2.24) is 30.6 Å². The molecule has 132 valence electrons. The molecule has 0 unspecified atom stereocenters. The van der Waals surface area contributed by atoms with Gasteiger partial charge in [0, 0.05) is 11.8 Å². The van der Waals surface area contributed by atoms with E-state index < -0.39 is 17.6 Å². The van der Waals surface area contributed by atoms with E-state index in [-0.39, 0.29) is 5.56 Å². The van der Waals surface area contributed by atoms with Crippen LogP contribution in [0.5, 0.6) is 0 Å². The number of hydrogen-bond acceptors (Lipinski definition) is 5. The van der Waals surface area contributed by atoms with Crippen LogP contribution >= 0.6 is 0 Å². The molecular weight excluding hydrogens is 339 g/mol. The van der Waals surface area contributed by atoms with Crippen LogP contribution in [0.15, 0.2) is 42.7 Å². The van der Waals surface area contributed by atoms with Crippen LogP contribution in [0.3, 0.4) is 0 Å². The summed E-state index contributed by atoms with van der Waals surface area (Å²) in [7, 11) is 0. The van der Waals surface area contributed by atoms with E-state index in [2.05, 4.69) is 25.9 Å². The Labute approximate surface area is 148 Å². The number of aryl methyl sites for hydroxylation is 2. The lowest BCUT2D eigenvalue weighted by molar-refractivity contribution is 0.0844. The molecule has 2 N–H and O–H groups in total. The fourth-order valence-electron chi connectivity index (χ4n) is 2.33. The van der Waals surface area contributed by atoms with Gasteiger partial charge in [-0.1, -0.05) is 0 Å². The molecule has 0 saturated heterocycles. The number of rotatable bonds is 3. The van der Waals surface area contributed by atoms with E-state index in [4.69, 9.17) is 0 Å². The monoisotopic (exact) mass is 354 g/mol. The van der Waals surface area contributed by atoms with Gasteiger partial charge in [0.2, 0.25) is 0 Å². The first-order chi connectivity index (χ1) is 12.5. The first-order valence-electron chi connectivity index (χ1n) is 7.66. The molecule has 2 amide bonds.